The minimum atomic E-state index is 0.370. The molecule has 0 amide bonds. The van der Waals surface area contributed by atoms with E-state index in [1.807, 2.05) is 28.9 Å². The van der Waals surface area contributed by atoms with Crippen LogP contribution in [0.1, 0.15) is 24.7 Å². The maximum atomic E-state index is 6.18. The third kappa shape index (κ3) is 3.89. The second-order valence-corrected chi connectivity index (χ2v) is 7.31. The van der Waals surface area contributed by atoms with Crippen molar-refractivity contribution in [3.63, 3.8) is 0 Å². The van der Waals surface area contributed by atoms with E-state index >= 15 is 0 Å². The molecule has 1 N–H and O–H groups in total. The lowest BCUT2D eigenvalue weighted by molar-refractivity contribution is -0.931. The van der Waals surface area contributed by atoms with Crippen LogP contribution in [0.25, 0.3) is 0 Å². The van der Waals surface area contributed by atoms with Crippen molar-refractivity contribution in [2.75, 3.05) is 26.3 Å². The first kappa shape index (κ1) is 17.0. The lowest BCUT2D eigenvalue weighted by Gasteiger charge is -2.23. The minimum Gasteiger partial charge on any atom is -0.484 e. The molecule has 8 heteroatoms. The fourth-order valence-electron chi connectivity index (χ4n) is 3.10. The number of para-hydroxylation sites is 1. The lowest BCUT2D eigenvalue weighted by atomic mass is 10.3. The summed E-state index contributed by atoms with van der Waals surface area (Å²) in [6.45, 7) is 4.73. The highest BCUT2D eigenvalue weighted by atomic mass is 35.5. The number of nitrogens with zero attached hydrogens (tertiary/aromatic N) is 3. The third-order valence-electron chi connectivity index (χ3n) is 4.62. The van der Waals surface area contributed by atoms with Crippen molar-refractivity contribution >= 4 is 23.8 Å². The largest absolute Gasteiger partial charge is 0.484 e. The van der Waals surface area contributed by atoms with E-state index in [0.717, 1.165) is 56.4 Å². The maximum Gasteiger partial charge on any atom is 0.203 e. The Labute approximate surface area is 156 Å². The predicted octanol–water partition coefficient (Wildman–Crippen LogP) is 1.85. The molecule has 2 aromatic rings. The third-order valence-corrected chi connectivity index (χ3v) is 5.34. The van der Waals surface area contributed by atoms with Crippen LogP contribution in [0.2, 0.25) is 5.02 Å². The molecular weight excluding hydrogens is 360 g/mol. The summed E-state index contributed by atoms with van der Waals surface area (Å²) in [7, 11) is 0. The molecule has 1 aromatic carbocycles. The highest BCUT2D eigenvalue weighted by Gasteiger charge is 2.29. The number of rotatable bonds is 6. The van der Waals surface area contributed by atoms with E-state index in [0.29, 0.717) is 23.4 Å². The van der Waals surface area contributed by atoms with Crippen molar-refractivity contribution in [2.24, 2.45) is 0 Å². The summed E-state index contributed by atoms with van der Waals surface area (Å²) < 4.78 is 16.2. The van der Waals surface area contributed by atoms with Crippen LogP contribution < -0.4 is 9.64 Å². The Bertz CT molecular complexity index is 796. The highest BCUT2D eigenvalue weighted by molar-refractivity contribution is 7.71. The predicted molar refractivity (Wildman–Crippen MR) is 96.6 cm³/mol. The summed E-state index contributed by atoms with van der Waals surface area (Å²) in [5, 5.41) is 5.36. The normalized spacial score (nSPS) is 18.4. The Kier molecular flexibility index (Phi) is 5.08. The van der Waals surface area contributed by atoms with Crippen molar-refractivity contribution in [3.8, 4) is 5.75 Å². The molecule has 0 spiro atoms. The molecule has 1 aromatic heterocycles. The van der Waals surface area contributed by atoms with Gasteiger partial charge in [-0.25, -0.2) is 0 Å². The van der Waals surface area contributed by atoms with Gasteiger partial charge in [-0.1, -0.05) is 23.7 Å². The van der Waals surface area contributed by atoms with Gasteiger partial charge in [-0.3, -0.25) is 4.57 Å². The van der Waals surface area contributed by atoms with E-state index in [4.69, 9.17) is 38.4 Å². The minimum absolute atomic E-state index is 0.370. The van der Waals surface area contributed by atoms with Crippen molar-refractivity contribution in [1.82, 2.24) is 14.3 Å². The Morgan fingerprint density at radius 3 is 2.76 bits per heavy atom. The molecule has 2 heterocycles. The van der Waals surface area contributed by atoms with Crippen LogP contribution >= 0.6 is 23.8 Å². The van der Waals surface area contributed by atoms with Gasteiger partial charge in [0, 0.05) is 6.04 Å². The summed E-state index contributed by atoms with van der Waals surface area (Å²) in [5.41, 5.74) is 0. The molecule has 0 unspecified atom stereocenters. The Morgan fingerprint density at radius 1 is 1.28 bits per heavy atom. The first-order valence-electron chi connectivity index (χ1n) is 8.69. The lowest BCUT2D eigenvalue weighted by Crippen LogP contribution is -3.13. The summed E-state index contributed by atoms with van der Waals surface area (Å²) in [4.78, 5) is 1.45. The Balaban J connectivity index is 1.53. The Morgan fingerprint density at radius 2 is 2.04 bits per heavy atom. The first-order valence-corrected chi connectivity index (χ1v) is 9.48. The van der Waals surface area contributed by atoms with Gasteiger partial charge >= 0.3 is 0 Å². The number of halogens is 1. The first-order chi connectivity index (χ1) is 12.2. The number of ether oxygens (including phenoxy) is 2. The van der Waals surface area contributed by atoms with E-state index < -0.39 is 0 Å². The van der Waals surface area contributed by atoms with Crippen molar-refractivity contribution in [3.05, 3.63) is 39.9 Å². The molecule has 6 nitrogen and oxygen atoms in total. The summed E-state index contributed by atoms with van der Waals surface area (Å²) >= 11 is 11.9. The molecule has 1 saturated heterocycles. The van der Waals surface area contributed by atoms with Crippen LogP contribution in [0.5, 0.6) is 5.75 Å². The molecule has 2 aliphatic rings. The molecule has 134 valence electrons. The van der Waals surface area contributed by atoms with Gasteiger partial charge < -0.3 is 14.4 Å². The fraction of sp³-hybridized carbons (Fsp3) is 0.529. The summed E-state index contributed by atoms with van der Waals surface area (Å²) in [6.07, 6.45) is 2.31. The van der Waals surface area contributed by atoms with Crippen LogP contribution in [0.4, 0.5) is 0 Å². The topological polar surface area (TPSA) is 45.6 Å². The number of aromatic nitrogens is 3. The monoisotopic (exact) mass is 381 g/mol. The quantitative estimate of drug-likeness (QED) is 0.776. The smallest absolute Gasteiger partial charge is 0.203 e. The molecule has 0 atom stereocenters. The van der Waals surface area contributed by atoms with Crippen LogP contribution in [0, 0.1) is 4.77 Å². The van der Waals surface area contributed by atoms with Gasteiger partial charge in [0.25, 0.3) is 0 Å². The molecule has 25 heavy (non-hydrogen) atoms. The van der Waals surface area contributed by atoms with Crippen molar-refractivity contribution < 1.29 is 14.4 Å². The second-order valence-electron chi connectivity index (χ2n) is 6.54. The van der Waals surface area contributed by atoms with Crippen LogP contribution in [-0.4, -0.2) is 40.7 Å². The second kappa shape index (κ2) is 7.45. The Hall–Kier alpha value is -1.41. The van der Waals surface area contributed by atoms with Gasteiger partial charge in [-0.15, -0.1) is 5.10 Å². The molecular formula is C17H22ClN4O2S+. The maximum absolute atomic E-state index is 6.18. The van der Waals surface area contributed by atoms with E-state index in [1.54, 1.807) is 0 Å². The number of hydrogen-bond acceptors (Lipinski definition) is 4. The van der Waals surface area contributed by atoms with Gasteiger partial charge in [-0.05, 0) is 37.2 Å². The summed E-state index contributed by atoms with van der Waals surface area (Å²) in [6, 6.07) is 7.96. The zero-order valence-electron chi connectivity index (χ0n) is 14.0. The zero-order chi connectivity index (χ0) is 17.2. The van der Waals surface area contributed by atoms with Gasteiger partial charge in [0.15, 0.2) is 12.5 Å². The molecule has 1 aliphatic carbocycles. The van der Waals surface area contributed by atoms with E-state index in [9.17, 15) is 0 Å². The number of morpholine rings is 1. The molecule has 1 saturated carbocycles. The fourth-order valence-corrected chi connectivity index (χ4v) is 3.65. The average Bonchev–Trinajstić information content (AvgIpc) is 3.41. The van der Waals surface area contributed by atoms with Crippen LogP contribution in [-0.2, 0) is 18.0 Å². The average molecular weight is 382 g/mol. The highest BCUT2D eigenvalue weighted by Crippen LogP contribution is 2.36. The molecule has 0 bridgehead atoms. The standard InChI is InChI=1S/C17H21ClN4O2S/c18-14-3-1-2-4-15(14)24-11-16-19-21(12-20-7-9-23-10-8-20)17(25)22(16)13-5-6-13/h1-4,13H,5-12H2/p+1. The summed E-state index contributed by atoms with van der Waals surface area (Å²) in [5.74, 6) is 1.55. The molecule has 1 aliphatic heterocycles. The van der Waals surface area contributed by atoms with Gasteiger partial charge in [-0.2, -0.15) is 4.68 Å². The molecule has 4 rings (SSSR count). The van der Waals surface area contributed by atoms with Crippen molar-refractivity contribution in [1.29, 1.82) is 0 Å². The number of benzene rings is 1. The van der Waals surface area contributed by atoms with E-state index in [1.165, 1.54) is 4.90 Å². The van der Waals surface area contributed by atoms with E-state index in [2.05, 4.69) is 4.57 Å². The van der Waals surface area contributed by atoms with E-state index in [-0.39, 0.29) is 0 Å². The molecule has 2 fully saturated rings. The zero-order valence-corrected chi connectivity index (χ0v) is 15.6. The van der Waals surface area contributed by atoms with Gasteiger partial charge in [0.1, 0.15) is 25.4 Å². The number of nitrogens with one attached hydrogen (secondary N) is 1. The van der Waals surface area contributed by atoms with Crippen LogP contribution in [0.3, 0.4) is 0 Å². The number of hydrogen-bond donors (Lipinski definition) is 1. The number of quaternary nitrogens is 1. The SMILES string of the molecule is S=c1n(C[NH+]2CCOCC2)nc(COc2ccccc2Cl)n1C1CC1. The van der Waals surface area contributed by atoms with Crippen LogP contribution in [0.15, 0.2) is 24.3 Å². The van der Waals surface area contributed by atoms with Gasteiger partial charge in [0.2, 0.25) is 4.77 Å². The van der Waals surface area contributed by atoms with Crippen molar-refractivity contribution in [2.45, 2.75) is 32.2 Å². The molecule has 0 radical (unpaired) electrons. The van der Waals surface area contributed by atoms with Gasteiger partial charge in [0.05, 0.1) is 18.2 Å².